The first-order valence-corrected chi connectivity index (χ1v) is 6.12. The van der Waals surface area contributed by atoms with Crippen molar-refractivity contribution in [2.45, 2.75) is 37.6 Å². The van der Waals surface area contributed by atoms with Crippen LogP contribution in [0.2, 0.25) is 0 Å². The molecule has 96 valence electrons. The van der Waals surface area contributed by atoms with Crippen LogP contribution in [0.5, 0.6) is 0 Å². The summed E-state index contributed by atoms with van der Waals surface area (Å²) in [6.07, 6.45) is 8.06. The Morgan fingerprint density at radius 2 is 1.89 bits per heavy atom. The van der Waals surface area contributed by atoms with E-state index < -0.39 is 11.8 Å². The number of carbonyl (C=O) groups is 2. The molecule has 5 nitrogen and oxygen atoms in total. The second-order valence-corrected chi connectivity index (χ2v) is 4.84. The predicted molar refractivity (Wildman–Crippen MR) is 66.5 cm³/mol. The molecule has 1 aliphatic rings. The van der Waals surface area contributed by atoms with Gasteiger partial charge in [-0.05, 0) is 37.0 Å². The number of nitrogens with one attached hydrogen (secondary N) is 1. The average molecular weight is 247 g/mol. The van der Waals surface area contributed by atoms with Crippen molar-refractivity contribution in [2.24, 2.45) is 5.73 Å². The van der Waals surface area contributed by atoms with Gasteiger partial charge in [0.25, 0.3) is 0 Å². The normalized spacial score (nSPS) is 17.3. The van der Waals surface area contributed by atoms with E-state index in [9.17, 15) is 9.59 Å². The zero-order valence-corrected chi connectivity index (χ0v) is 10.2. The van der Waals surface area contributed by atoms with Crippen LogP contribution >= 0.6 is 0 Å². The topological polar surface area (TPSA) is 85.1 Å². The molecule has 1 fully saturated rings. The van der Waals surface area contributed by atoms with Crippen molar-refractivity contribution in [1.29, 1.82) is 0 Å². The highest BCUT2D eigenvalue weighted by Crippen LogP contribution is 2.32. The molecule has 2 rings (SSSR count). The third-order valence-electron chi connectivity index (χ3n) is 3.46. The van der Waals surface area contributed by atoms with E-state index in [1.54, 1.807) is 12.4 Å². The van der Waals surface area contributed by atoms with E-state index in [0.717, 1.165) is 31.2 Å². The van der Waals surface area contributed by atoms with Crippen molar-refractivity contribution < 1.29 is 9.59 Å². The molecule has 3 N–H and O–H groups in total. The van der Waals surface area contributed by atoms with Gasteiger partial charge in [-0.3, -0.25) is 14.6 Å². The molecule has 0 unspecified atom stereocenters. The molecule has 0 bridgehead atoms. The van der Waals surface area contributed by atoms with Gasteiger partial charge in [-0.2, -0.15) is 0 Å². The van der Waals surface area contributed by atoms with Crippen LogP contribution in [0.1, 0.15) is 31.2 Å². The molecule has 0 aromatic carbocycles. The van der Waals surface area contributed by atoms with Crippen LogP contribution < -0.4 is 11.1 Å². The first kappa shape index (κ1) is 12.5. The molecule has 0 atom stereocenters. The molecule has 1 aromatic heterocycles. The molecule has 5 heteroatoms. The highest BCUT2D eigenvalue weighted by atomic mass is 16.2. The Bertz CT molecular complexity index is 439. The number of primary amides is 1. The minimum atomic E-state index is -0.920. The SMILES string of the molecule is NC(=O)C(=O)NC1(Cc2ccncc2)CCCC1. The summed E-state index contributed by atoms with van der Waals surface area (Å²) in [7, 11) is 0. The molecule has 1 aromatic rings. The van der Waals surface area contributed by atoms with Gasteiger partial charge in [0.2, 0.25) is 0 Å². The minimum Gasteiger partial charge on any atom is -0.361 e. The van der Waals surface area contributed by atoms with Crippen molar-refractivity contribution in [2.75, 3.05) is 0 Å². The van der Waals surface area contributed by atoms with Crippen LogP contribution in [0.4, 0.5) is 0 Å². The summed E-state index contributed by atoms with van der Waals surface area (Å²) < 4.78 is 0. The summed E-state index contributed by atoms with van der Waals surface area (Å²) in [5, 5.41) is 2.81. The molecular weight excluding hydrogens is 230 g/mol. The van der Waals surface area contributed by atoms with Crippen LogP contribution in [0.3, 0.4) is 0 Å². The van der Waals surface area contributed by atoms with Crippen molar-refractivity contribution in [3.05, 3.63) is 30.1 Å². The number of pyridine rings is 1. The van der Waals surface area contributed by atoms with Gasteiger partial charge in [0.05, 0.1) is 0 Å². The maximum absolute atomic E-state index is 11.5. The summed E-state index contributed by atoms with van der Waals surface area (Å²) in [5.41, 5.74) is 5.79. The molecule has 18 heavy (non-hydrogen) atoms. The number of hydrogen-bond donors (Lipinski definition) is 2. The number of aromatic nitrogens is 1. The van der Waals surface area contributed by atoms with Gasteiger partial charge in [0, 0.05) is 17.9 Å². The smallest absolute Gasteiger partial charge is 0.309 e. The van der Waals surface area contributed by atoms with Crippen molar-refractivity contribution >= 4 is 11.8 Å². The first-order valence-electron chi connectivity index (χ1n) is 6.12. The maximum atomic E-state index is 11.5. The number of nitrogens with zero attached hydrogens (tertiary/aromatic N) is 1. The minimum absolute atomic E-state index is 0.326. The monoisotopic (exact) mass is 247 g/mol. The van der Waals surface area contributed by atoms with Crippen molar-refractivity contribution in [3.63, 3.8) is 0 Å². The Balaban J connectivity index is 2.12. The second kappa shape index (κ2) is 5.16. The zero-order valence-electron chi connectivity index (χ0n) is 10.2. The lowest BCUT2D eigenvalue weighted by Crippen LogP contribution is -2.51. The van der Waals surface area contributed by atoms with E-state index in [1.165, 1.54) is 0 Å². The largest absolute Gasteiger partial charge is 0.361 e. The van der Waals surface area contributed by atoms with Gasteiger partial charge in [-0.15, -0.1) is 0 Å². The van der Waals surface area contributed by atoms with Crippen molar-refractivity contribution in [1.82, 2.24) is 10.3 Å². The average Bonchev–Trinajstić information content (AvgIpc) is 2.78. The van der Waals surface area contributed by atoms with E-state index in [0.29, 0.717) is 6.42 Å². The highest BCUT2D eigenvalue weighted by Gasteiger charge is 2.36. The predicted octanol–water partition coefficient (Wildman–Crippen LogP) is 0.538. The lowest BCUT2D eigenvalue weighted by molar-refractivity contribution is -0.138. The molecule has 0 aliphatic heterocycles. The maximum Gasteiger partial charge on any atom is 0.309 e. The van der Waals surface area contributed by atoms with E-state index in [-0.39, 0.29) is 5.54 Å². The summed E-state index contributed by atoms with van der Waals surface area (Å²) in [4.78, 5) is 26.3. The van der Waals surface area contributed by atoms with Gasteiger partial charge in [-0.25, -0.2) is 0 Å². The summed E-state index contributed by atoms with van der Waals surface area (Å²) in [5.74, 6) is -1.61. The lowest BCUT2D eigenvalue weighted by Gasteiger charge is -2.30. The molecule has 1 saturated carbocycles. The van der Waals surface area contributed by atoms with E-state index in [4.69, 9.17) is 5.73 Å². The fourth-order valence-electron chi connectivity index (χ4n) is 2.59. The molecule has 0 radical (unpaired) electrons. The van der Waals surface area contributed by atoms with Crippen LogP contribution in [0.25, 0.3) is 0 Å². The van der Waals surface area contributed by atoms with Crippen LogP contribution in [0.15, 0.2) is 24.5 Å². The molecule has 1 aliphatic carbocycles. The number of hydrogen-bond acceptors (Lipinski definition) is 3. The van der Waals surface area contributed by atoms with E-state index in [1.807, 2.05) is 12.1 Å². The number of rotatable bonds is 3. The van der Waals surface area contributed by atoms with Crippen LogP contribution in [0, 0.1) is 0 Å². The Hall–Kier alpha value is -1.91. The summed E-state index contributed by atoms with van der Waals surface area (Å²) in [6.45, 7) is 0. The fourth-order valence-corrected chi connectivity index (χ4v) is 2.59. The standard InChI is InChI=1S/C13H17N3O2/c14-11(17)12(18)16-13(5-1-2-6-13)9-10-3-7-15-8-4-10/h3-4,7-8H,1-2,5-6,9H2,(H2,14,17)(H,16,18). The molecular formula is C13H17N3O2. The highest BCUT2D eigenvalue weighted by molar-refractivity contribution is 6.34. The Kier molecular flexibility index (Phi) is 3.60. The third kappa shape index (κ3) is 2.85. The number of nitrogens with two attached hydrogens (primary N) is 1. The quantitative estimate of drug-likeness (QED) is 0.764. The number of carbonyl (C=O) groups excluding carboxylic acids is 2. The van der Waals surface area contributed by atoms with Gasteiger partial charge < -0.3 is 11.1 Å². The molecule has 0 spiro atoms. The second-order valence-electron chi connectivity index (χ2n) is 4.84. The van der Waals surface area contributed by atoms with Crippen molar-refractivity contribution in [3.8, 4) is 0 Å². The van der Waals surface area contributed by atoms with Gasteiger partial charge >= 0.3 is 11.8 Å². The third-order valence-corrected chi connectivity index (χ3v) is 3.46. The Morgan fingerprint density at radius 3 is 2.44 bits per heavy atom. The zero-order chi connectivity index (χ0) is 13.0. The van der Waals surface area contributed by atoms with E-state index >= 15 is 0 Å². The Morgan fingerprint density at radius 1 is 1.28 bits per heavy atom. The first-order chi connectivity index (χ1) is 8.61. The summed E-state index contributed by atoms with van der Waals surface area (Å²) in [6, 6.07) is 3.85. The van der Waals surface area contributed by atoms with Crippen LogP contribution in [-0.4, -0.2) is 22.3 Å². The van der Waals surface area contributed by atoms with Gasteiger partial charge in [0.1, 0.15) is 0 Å². The number of amides is 2. The molecule has 0 saturated heterocycles. The fraction of sp³-hybridized carbons (Fsp3) is 0.462. The summed E-state index contributed by atoms with van der Waals surface area (Å²) >= 11 is 0. The van der Waals surface area contributed by atoms with Crippen LogP contribution in [-0.2, 0) is 16.0 Å². The Labute approximate surface area is 106 Å². The van der Waals surface area contributed by atoms with Gasteiger partial charge in [0.15, 0.2) is 0 Å². The molecule has 1 heterocycles. The van der Waals surface area contributed by atoms with Gasteiger partial charge in [-0.1, -0.05) is 12.8 Å². The lowest BCUT2D eigenvalue weighted by atomic mass is 9.89. The van der Waals surface area contributed by atoms with E-state index in [2.05, 4.69) is 10.3 Å². The molecule has 2 amide bonds.